The summed E-state index contributed by atoms with van der Waals surface area (Å²) in [6.07, 6.45) is 1.38. The van der Waals surface area contributed by atoms with E-state index in [1.54, 1.807) is 18.2 Å². The number of pyridine rings is 1. The van der Waals surface area contributed by atoms with Crippen LogP contribution < -0.4 is 35.5 Å². The normalized spacial score (nSPS) is 10.6. The Hall–Kier alpha value is -4.87. The number of carbonyl (C=O) groups excluding carboxylic acids is 1. The summed E-state index contributed by atoms with van der Waals surface area (Å²) in [5.41, 5.74) is -1.06. The van der Waals surface area contributed by atoms with Gasteiger partial charge in [0, 0.05) is 29.4 Å². The molecule has 174 valence electrons. The van der Waals surface area contributed by atoms with E-state index in [1.807, 2.05) is 4.98 Å². The molecule has 4 aromatic rings. The highest BCUT2D eigenvalue weighted by Gasteiger charge is 2.15. The maximum Gasteiger partial charge on any atom is 0.417 e. The number of hydrogen-bond acceptors (Lipinski definition) is 8. The van der Waals surface area contributed by atoms with E-state index in [0.717, 1.165) is 12.3 Å². The van der Waals surface area contributed by atoms with Gasteiger partial charge in [-0.25, -0.2) is 14.0 Å². The lowest BCUT2D eigenvalue weighted by Crippen LogP contribution is -2.26. The van der Waals surface area contributed by atoms with Crippen molar-refractivity contribution in [2.24, 2.45) is 0 Å². The number of rotatable bonds is 6. The number of ether oxygens (including phenoxy) is 4. The van der Waals surface area contributed by atoms with Gasteiger partial charge in [0.05, 0.1) is 25.9 Å². The van der Waals surface area contributed by atoms with Crippen LogP contribution in [-0.2, 0) is 0 Å². The average Bonchev–Trinajstić information content (AvgIpc) is 2.82. The summed E-state index contributed by atoms with van der Waals surface area (Å²) < 4.78 is 35.8. The molecular weight excluding hydrogens is 451 g/mol. The van der Waals surface area contributed by atoms with Crippen molar-refractivity contribution in [1.82, 2.24) is 15.0 Å². The second-order valence-corrected chi connectivity index (χ2v) is 6.73. The smallest absolute Gasteiger partial charge is 0.417 e. The number of nitrogens with one attached hydrogen (secondary N) is 3. The highest BCUT2D eigenvalue weighted by atomic mass is 19.1. The number of aromatic nitrogens is 3. The quantitative estimate of drug-likeness (QED) is 0.391. The van der Waals surface area contributed by atoms with E-state index in [2.05, 4.69) is 15.3 Å². The molecule has 0 atom stereocenters. The van der Waals surface area contributed by atoms with Gasteiger partial charge in [0.15, 0.2) is 23.1 Å². The lowest BCUT2D eigenvalue weighted by atomic mass is 10.2. The third kappa shape index (κ3) is 4.65. The Morgan fingerprint density at radius 3 is 2.44 bits per heavy atom. The molecule has 1 amide bonds. The summed E-state index contributed by atoms with van der Waals surface area (Å²) >= 11 is 0. The maximum absolute atomic E-state index is 14.7. The van der Waals surface area contributed by atoms with E-state index in [4.69, 9.17) is 18.9 Å². The number of carbonyl (C=O) groups is 1. The predicted octanol–water partition coefficient (Wildman–Crippen LogP) is 3.17. The molecule has 0 spiro atoms. The van der Waals surface area contributed by atoms with E-state index in [0.29, 0.717) is 28.2 Å². The number of amides is 1. The standard InChI is InChI=1S/C22H17FN4O7/c1-31-17-8-12-14(9-18(17)32-2)24-6-5-15(12)33-16-4-3-11(7-13(16)23)26-22(30)34-19-10-25-21(29)27-20(19)28/h3-10H,1-2H3,(H,26,30)(H2,25,27,28,29). The van der Waals surface area contributed by atoms with E-state index in [-0.39, 0.29) is 11.4 Å². The number of H-pyrrole nitrogens is 2. The first-order valence-electron chi connectivity index (χ1n) is 9.67. The van der Waals surface area contributed by atoms with Crippen molar-refractivity contribution >= 4 is 22.7 Å². The van der Waals surface area contributed by atoms with Crippen LogP contribution in [0.1, 0.15) is 0 Å². The minimum atomic E-state index is -1.06. The first kappa shape index (κ1) is 22.3. The van der Waals surface area contributed by atoms with E-state index in [9.17, 15) is 18.8 Å². The zero-order valence-corrected chi connectivity index (χ0v) is 17.8. The molecule has 2 aromatic carbocycles. The number of aromatic amines is 2. The zero-order valence-electron chi connectivity index (χ0n) is 17.8. The molecule has 12 heteroatoms. The number of hydrogen-bond donors (Lipinski definition) is 3. The lowest BCUT2D eigenvalue weighted by Gasteiger charge is -2.13. The molecular formula is C22H17FN4O7. The SMILES string of the molecule is COc1cc2nccc(Oc3ccc(NC(=O)Oc4c[nH]c(=O)[nH]c4=O)cc3F)c2cc1OC. The van der Waals surface area contributed by atoms with Crippen LogP contribution in [0.5, 0.6) is 28.7 Å². The molecule has 4 rings (SSSR count). The molecule has 0 aliphatic carbocycles. The summed E-state index contributed by atoms with van der Waals surface area (Å²) in [6, 6.07) is 8.61. The summed E-state index contributed by atoms with van der Waals surface area (Å²) in [6.45, 7) is 0. The molecule has 0 aliphatic heterocycles. The van der Waals surface area contributed by atoms with Crippen molar-refractivity contribution in [2.45, 2.75) is 0 Å². The largest absolute Gasteiger partial charge is 0.493 e. The molecule has 11 nitrogen and oxygen atoms in total. The van der Waals surface area contributed by atoms with Crippen molar-refractivity contribution < 1.29 is 28.1 Å². The van der Waals surface area contributed by atoms with E-state index < -0.39 is 28.9 Å². The Balaban J connectivity index is 1.53. The first-order valence-corrected chi connectivity index (χ1v) is 9.67. The van der Waals surface area contributed by atoms with E-state index >= 15 is 0 Å². The van der Waals surface area contributed by atoms with Crippen molar-refractivity contribution in [3.8, 4) is 28.7 Å². The minimum Gasteiger partial charge on any atom is -0.493 e. The second-order valence-electron chi connectivity index (χ2n) is 6.73. The van der Waals surface area contributed by atoms with Gasteiger partial charge in [-0.05, 0) is 24.3 Å². The topological polar surface area (TPSA) is 145 Å². The third-order valence-electron chi connectivity index (χ3n) is 4.59. The van der Waals surface area contributed by atoms with Gasteiger partial charge in [0.2, 0.25) is 5.75 Å². The Labute approximate surface area is 190 Å². The van der Waals surface area contributed by atoms with Crippen LogP contribution in [0, 0.1) is 5.82 Å². The number of anilines is 1. The fourth-order valence-electron chi connectivity index (χ4n) is 3.03. The Kier molecular flexibility index (Phi) is 6.12. The summed E-state index contributed by atoms with van der Waals surface area (Å²) in [5, 5.41) is 2.85. The van der Waals surface area contributed by atoms with Crippen LogP contribution in [0.15, 0.2) is 58.4 Å². The second kappa shape index (κ2) is 9.32. The number of halogens is 1. The van der Waals surface area contributed by atoms with Crippen LogP contribution in [0.25, 0.3) is 10.9 Å². The zero-order chi connectivity index (χ0) is 24.2. The molecule has 34 heavy (non-hydrogen) atoms. The molecule has 2 aromatic heterocycles. The third-order valence-corrected chi connectivity index (χ3v) is 4.59. The fourth-order valence-corrected chi connectivity index (χ4v) is 3.03. The number of nitrogens with zero attached hydrogens (tertiary/aromatic N) is 1. The maximum atomic E-state index is 14.7. The lowest BCUT2D eigenvalue weighted by molar-refractivity contribution is 0.214. The summed E-state index contributed by atoms with van der Waals surface area (Å²) in [5.74, 6) is -0.0652. The number of benzene rings is 2. The minimum absolute atomic E-state index is 0.0432. The highest BCUT2D eigenvalue weighted by Crippen LogP contribution is 2.37. The van der Waals surface area contributed by atoms with Crippen LogP contribution >= 0.6 is 0 Å². The van der Waals surface area contributed by atoms with Gasteiger partial charge >= 0.3 is 11.8 Å². The highest BCUT2D eigenvalue weighted by molar-refractivity contribution is 5.88. The van der Waals surface area contributed by atoms with Crippen LogP contribution in [-0.4, -0.2) is 35.3 Å². The van der Waals surface area contributed by atoms with Crippen LogP contribution in [0.3, 0.4) is 0 Å². The molecule has 0 fully saturated rings. The van der Waals surface area contributed by atoms with Crippen molar-refractivity contribution in [3.63, 3.8) is 0 Å². The molecule has 2 heterocycles. The molecule has 0 radical (unpaired) electrons. The first-order chi connectivity index (χ1) is 16.4. The van der Waals surface area contributed by atoms with Gasteiger partial charge in [-0.2, -0.15) is 0 Å². The van der Waals surface area contributed by atoms with Gasteiger partial charge in [-0.15, -0.1) is 0 Å². The number of fused-ring (bicyclic) bond motifs is 1. The molecule has 3 N–H and O–H groups in total. The van der Waals surface area contributed by atoms with Crippen molar-refractivity contribution in [2.75, 3.05) is 19.5 Å². The van der Waals surface area contributed by atoms with Gasteiger partial charge < -0.3 is 23.9 Å². The molecule has 0 saturated carbocycles. The molecule has 0 unspecified atom stereocenters. The molecule has 0 bridgehead atoms. The summed E-state index contributed by atoms with van der Waals surface area (Å²) in [4.78, 5) is 43.0. The Morgan fingerprint density at radius 1 is 0.971 bits per heavy atom. The fraction of sp³-hybridized carbons (Fsp3) is 0.0909. The van der Waals surface area contributed by atoms with Crippen molar-refractivity contribution in [1.29, 1.82) is 0 Å². The Bertz CT molecular complexity index is 1500. The predicted molar refractivity (Wildman–Crippen MR) is 119 cm³/mol. The monoisotopic (exact) mass is 468 g/mol. The Morgan fingerprint density at radius 2 is 1.74 bits per heavy atom. The van der Waals surface area contributed by atoms with Gasteiger partial charge in [0.1, 0.15) is 5.75 Å². The van der Waals surface area contributed by atoms with Gasteiger partial charge in [-0.3, -0.25) is 20.1 Å². The summed E-state index contributed by atoms with van der Waals surface area (Å²) in [7, 11) is 2.99. The van der Waals surface area contributed by atoms with Crippen molar-refractivity contribution in [3.05, 3.63) is 75.4 Å². The van der Waals surface area contributed by atoms with Crippen LogP contribution in [0.4, 0.5) is 14.9 Å². The van der Waals surface area contributed by atoms with E-state index in [1.165, 1.54) is 32.5 Å². The average molecular weight is 468 g/mol. The molecule has 0 saturated heterocycles. The van der Waals surface area contributed by atoms with Gasteiger partial charge in [0.25, 0.3) is 5.56 Å². The molecule has 0 aliphatic rings. The van der Waals surface area contributed by atoms with Gasteiger partial charge in [-0.1, -0.05) is 0 Å². The van der Waals surface area contributed by atoms with Crippen LogP contribution in [0.2, 0.25) is 0 Å². The number of methoxy groups -OCH3 is 2.